The third-order valence-corrected chi connectivity index (χ3v) is 6.30. The first-order valence-corrected chi connectivity index (χ1v) is 10.7. The highest BCUT2D eigenvalue weighted by atomic mass is 14.2. The van der Waals surface area contributed by atoms with E-state index in [2.05, 4.69) is 109 Å². The van der Waals surface area contributed by atoms with Gasteiger partial charge in [0.1, 0.15) is 0 Å². The maximum Gasteiger partial charge on any atom is -0.00262 e. The van der Waals surface area contributed by atoms with Crippen LogP contribution in [0.1, 0.15) is 18.4 Å². The first-order valence-electron chi connectivity index (χ1n) is 10.7. The van der Waals surface area contributed by atoms with Crippen LogP contribution in [0, 0.1) is 0 Å². The minimum atomic E-state index is 1.10. The van der Waals surface area contributed by atoms with E-state index in [-0.39, 0.29) is 0 Å². The number of hydrogen-bond acceptors (Lipinski definition) is 0. The second kappa shape index (κ2) is 7.00. The molecule has 0 atom stereocenters. The van der Waals surface area contributed by atoms with Gasteiger partial charge in [0.05, 0.1) is 0 Å². The van der Waals surface area contributed by atoms with Crippen molar-refractivity contribution in [1.82, 2.24) is 0 Å². The van der Waals surface area contributed by atoms with E-state index in [0.29, 0.717) is 0 Å². The van der Waals surface area contributed by atoms with Crippen LogP contribution in [0.4, 0.5) is 0 Å². The molecule has 0 saturated carbocycles. The Balaban J connectivity index is 1.76. The van der Waals surface area contributed by atoms with Crippen molar-refractivity contribution >= 4 is 37.9 Å². The van der Waals surface area contributed by atoms with Crippen LogP contribution in [0.25, 0.3) is 49.0 Å². The third-order valence-electron chi connectivity index (χ3n) is 6.30. The minimum Gasteiger partial charge on any atom is -0.0842 e. The molecule has 6 rings (SSSR count). The fourth-order valence-corrected chi connectivity index (χ4v) is 4.94. The van der Waals surface area contributed by atoms with Gasteiger partial charge in [0.25, 0.3) is 0 Å². The Morgan fingerprint density at radius 2 is 1.13 bits per heavy atom. The van der Waals surface area contributed by atoms with Crippen molar-refractivity contribution in [2.75, 3.05) is 0 Å². The summed E-state index contributed by atoms with van der Waals surface area (Å²) in [5.74, 6) is 0. The third kappa shape index (κ3) is 2.69. The summed E-state index contributed by atoms with van der Waals surface area (Å²) in [7, 11) is 0. The van der Waals surface area contributed by atoms with Gasteiger partial charge < -0.3 is 0 Å². The standard InChI is InChI=1S/C30H22/c1-2-11-22(12-3-1)29-25-14-6-8-16-27(25)30(28-17-9-7-15-26(28)29)24-19-18-21-10-4-5-13-23(21)20-24/h1-2,4-11,13-20H,3,12H2. The average molecular weight is 383 g/mol. The van der Waals surface area contributed by atoms with Crippen molar-refractivity contribution in [2.24, 2.45) is 0 Å². The Morgan fingerprint density at radius 1 is 0.533 bits per heavy atom. The van der Waals surface area contributed by atoms with Gasteiger partial charge in [0.15, 0.2) is 0 Å². The number of hydrogen-bond donors (Lipinski definition) is 0. The summed E-state index contributed by atoms with van der Waals surface area (Å²) in [4.78, 5) is 0. The first-order chi connectivity index (χ1) is 14.9. The zero-order chi connectivity index (χ0) is 19.9. The van der Waals surface area contributed by atoms with Crippen LogP contribution in [0.2, 0.25) is 0 Å². The second-order valence-electron chi connectivity index (χ2n) is 8.06. The molecule has 5 aromatic carbocycles. The molecule has 30 heavy (non-hydrogen) atoms. The van der Waals surface area contributed by atoms with E-state index in [4.69, 9.17) is 0 Å². The lowest BCUT2D eigenvalue weighted by Crippen LogP contribution is -1.95. The summed E-state index contributed by atoms with van der Waals surface area (Å²) in [6, 6.07) is 33.3. The topological polar surface area (TPSA) is 0 Å². The van der Waals surface area contributed by atoms with Crippen molar-refractivity contribution in [3.63, 3.8) is 0 Å². The summed E-state index contributed by atoms with van der Waals surface area (Å²) in [5.41, 5.74) is 5.46. The first kappa shape index (κ1) is 17.2. The SMILES string of the molecule is C1=CCCC(c2c3ccccc3c(-c3ccc4ccccc4c3)c3ccccc23)=C1. The average Bonchev–Trinajstić information content (AvgIpc) is 2.82. The molecular weight excluding hydrogens is 360 g/mol. The van der Waals surface area contributed by atoms with Gasteiger partial charge >= 0.3 is 0 Å². The maximum absolute atomic E-state index is 2.34. The van der Waals surface area contributed by atoms with Crippen molar-refractivity contribution < 1.29 is 0 Å². The lowest BCUT2D eigenvalue weighted by Gasteiger charge is -2.20. The van der Waals surface area contributed by atoms with Gasteiger partial charge in [-0.3, -0.25) is 0 Å². The van der Waals surface area contributed by atoms with E-state index in [1.54, 1.807) is 0 Å². The van der Waals surface area contributed by atoms with Crippen molar-refractivity contribution in [1.29, 1.82) is 0 Å². The summed E-state index contributed by atoms with van der Waals surface area (Å²) in [6.45, 7) is 0. The summed E-state index contributed by atoms with van der Waals surface area (Å²) >= 11 is 0. The molecule has 1 aliphatic rings. The Labute approximate surface area is 176 Å². The highest BCUT2D eigenvalue weighted by Gasteiger charge is 2.17. The normalized spacial score (nSPS) is 13.8. The van der Waals surface area contributed by atoms with Crippen LogP contribution < -0.4 is 0 Å². The predicted molar refractivity (Wildman–Crippen MR) is 131 cm³/mol. The Bertz CT molecular complexity index is 1420. The lowest BCUT2D eigenvalue weighted by molar-refractivity contribution is 1.06. The second-order valence-corrected chi connectivity index (χ2v) is 8.06. The van der Waals surface area contributed by atoms with Crippen LogP contribution in [0.3, 0.4) is 0 Å². The molecule has 0 amide bonds. The fourth-order valence-electron chi connectivity index (χ4n) is 4.94. The van der Waals surface area contributed by atoms with Gasteiger partial charge in [-0.05, 0) is 73.5 Å². The molecule has 0 aromatic heterocycles. The molecule has 0 heteroatoms. The number of fused-ring (bicyclic) bond motifs is 3. The Kier molecular flexibility index (Phi) is 4.02. The molecular formula is C30H22. The minimum absolute atomic E-state index is 1.10. The molecule has 1 aliphatic carbocycles. The molecule has 0 fully saturated rings. The quantitative estimate of drug-likeness (QED) is 0.268. The van der Waals surface area contributed by atoms with Gasteiger partial charge in [0.2, 0.25) is 0 Å². The van der Waals surface area contributed by atoms with Gasteiger partial charge in [-0.1, -0.05) is 103 Å². The van der Waals surface area contributed by atoms with Crippen molar-refractivity contribution in [3.05, 3.63) is 115 Å². The van der Waals surface area contributed by atoms with E-state index < -0.39 is 0 Å². The zero-order valence-electron chi connectivity index (χ0n) is 16.8. The van der Waals surface area contributed by atoms with Crippen LogP contribution in [-0.4, -0.2) is 0 Å². The van der Waals surface area contributed by atoms with Gasteiger partial charge in [-0.15, -0.1) is 0 Å². The maximum atomic E-state index is 2.34. The molecule has 0 spiro atoms. The smallest absolute Gasteiger partial charge is 0.00262 e. The number of allylic oxidation sites excluding steroid dienone is 4. The van der Waals surface area contributed by atoms with E-state index in [0.717, 1.165) is 12.8 Å². The van der Waals surface area contributed by atoms with Gasteiger partial charge in [-0.2, -0.15) is 0 Å². The molecule has 0 heterocycles. The number of benzene rings is 5. The molecule has 5 aromatic rings. The van der Waals surface area contributed by atoms with Crippen molar-refractivity contribution in [2.45, 2.75) is 12.8 Å². The van der Waals surface area contributed by atoms with Crippen LogP contribution >= 0.6 is 0 Å². The zero-order valence-corrected chi connectivity index (χ0v) is 16.8. The number of rotatable bonds is 2. The molecule has 0 radical (unpaired) electrons. The van der Waals surface area contributed by atoms with E-state index in [1.807, 2.05) is 0 Å². The molecule has 0 bridgehead atoms. The monoisotopic (exact) mass is 382 g/mol. The van der Waals surface area contributed by atoms with Crippen LogP contribution in [-0.2, 0) is 0 Å². The van der Waals surface area contributed by atoms with E-state index in [9.17, 15) is 0 Å². The van der Waals surface area contributed by atoms with Crippen molar-refractivity contribution in [3.8, 4) is 11.1 Å². The Hall–Kier alpha value is -3.64. The summed E-state index contributed by atoms with van der Waals surface area (Å²) in [6.07, 6.45) is 8.98. The highest BCUT2D eigenvalue weighted by Crippen LogP contribution is 2.43. The Morgan fingerprint density at radius 3 is 1.77 bits per heavy atom. The van der Waals surface area contributed by atoms with Gasteiger partial charge in [-0.25, -0.2) is 0 Å². The summed E-state index contributed by atoms with van der Waals surface area (Å²) < 4.78 is 0. The van der Waals surface area contributed by atoms with E-state index in [1.165, 1.54) is 54.6 Å². The molecule has 0 aliphatic heterocycles. The largest absolute Gasteiger partial charge is 0.0842 e. The van der Waals surface area contributed by atoms with E-state index >= 15 is 0 Å². The van der Waals surface area contributed by atoms with Gasteiger partial charge in [0, 0.05) is 0 Å². The molecule has 0 unspecified atom stereocenters. The predicted octanol–water partition coefficient (Wildman–Crippen LogP) is 8.55. The molecule has 0 N–H and O–H groups in total. The molecule has 0 saturated heterocycles. The summed E-state index contributed by atoms with van der Waals surface area (Å²) in [5, 5.41) is 7.92. The molecule has 142 valence electrons. The highest BCUT2D eigenvalue weighted by molar-refractivity contribution is 6.19. The lowest BCUT2D eigenvalue weighted by atomic mass is 9.84. The fraction of sp³-hybridized carbons (Fsp3) is 0.0667. The van der Waals surface area contributed by atoms with Crippen LogP contribution in [0.5, 0.6) is 0 Å². The molecule has 0 nitrogen and oxygen atoms in total. The van der Waals surface area contributed by atoms with Crippen LogP contribution in [0.15, 0.2) is 109 Å².